The van der Waals surface area contributed by atoms with Gasteiger partial charge in [-0.15, -0.1) is 11.8 Å². The number of carbonyl (C=O) groups excluding carboxylic acids is 1. The fourth-order valence-corrected chi connectivity index (χ4v) is 3.24. The topological polar surface area (TPSA) is 77.8 Å². The van der Waals surface area contributed by atoms with Crippen molar-refractivity contribution in [3.63, 3.8) is 0 Å². The zero-order chi connectivity index (χ0) is 15.4. The van der Waals surface area contributed by atoms with E-state index in [9.17, 15) is 14.7 Å². The average molecular weight is 330 g/mol. The maximum atomic E-state index is 12.1. The highest BCUT2D eigenvalue weighted by molar-refractivity contribution is 7.99. The van der Waals surface area contributed by atoms with E-state index < -0.39 is 18.1 Å². The van der Waals surface area contributed by atoms with Crippen LogP contribution in [0.25, 0.3) is 0 Å². The number of carbonyl (C=O) groups is 2. The predicted octanol–water partition coefficient (Wildman–Crippen LogP) is 1.62. The third kappa shape index (κ3) is 4.36. The quantitative estimate of drug-likeness (QED) is 0.858. The van der Waals surface area contributed by atoms with Crippen molar-refractivity contribution < 1.29 is 19.8 Å². The van der Waals surface area contributed by atoms with Crippen molar-refractivity contribution in [3.8, 4) is 0 Å². The number of aliphatic hydroxyl groups is 1. The fraction of sp³-hybridized carbons (Fsp3) is 0.429. The number of hydrogen-bond acceptors (Lipinski definition) is 4. The van der Waals surface area contributed by atoms with Gasteiger partial charge in [0.05, 0.1) is 11.9 Å². The molecule has 1 aromatic carbocycles. The van der Waals surface area contributed by atoms with Gasteiger partial charge in [-0.05, 0) is 17.7 Å². The molecule has 1 aliphatic heterocycles. The summed E-state index contributed by atoms with van der Waals surface area (Å²) in [6, 6.07) is 6.44. The van der Waals surface area contributed by atoms with Crippen LogP contribution in [0, 0.1) is 0 Å². The Hall–Kier alpha value is -1.24. The molecule has 0 aliphatic carbocycles. The van der Waals surface area contributed by atoms with Crippen LogP contribution in [0.5, 0.6) is 0 Å². The predicted molar refractivity (Wildman–Crippen MR) is 81.4 cm³/mol. The molecule has 0 saturated carbocycles. The molecule has 114 valence electrons. The number of thioether (sulfide) groups is 1. The van der Waals surface area contributed by atoms with Gasteiger partial charge < -0.3 is 15.1 Å². The number of amides is 1. The average Bonchev–Trinajstić information content (AvgIpc) is 2.83. The van der Waals surface area contributed by atoms with Gasteiger partial charge >= 0.3 is 5.97 Å². The molecule has 1 amide bonds. The molecule has 0 radical (unpaired) electrons. The molecule has 1 saturated heterocycles. The summed E-state index contributed by atoms with van der Waals surface area (Å²) in [6.07, 6.45) is -0.653. The van der Waals surface area contributed by atoms with Crippen molar-refractivity contribution in [1.82, 2.24) is 4.90 Å². The number of aliphatic carboxylic acids is 1. The highest BCUT2D eigenvalue weighted by Crippen LogP contribution is 2.21. The number of nitrogens with zero attached hydrogens (tertiary/aromatic N) is 1. The molecular weight excluding hydrogens is 314 g/mol. The second kappa shape index (κ2) is 7.15. The number of likely N-dealkylation sites (tertiary alicyclic amines) is 1. The van der Waals surface area contributed by atoms with Gasteiger partial charge in [0, 0.05) is 23.7 Å². The third-order valence-electron chi connectivity index (χ3n) is 3.29. The number of carboxylic acids is 1. The first-order valence-electron chi connectivity index (χ1n) is 6.50. The number of benzene rings is 1. The van der Waals surface area contributed by atoms with Gasteiger partial charge in [0.25, 0.3) is 0 Å². The molecule has 2 rings (SSSR count). The van der Waals surface area contributed by atoms with Crippen LogP contribution in [0.4, 0.5) is 0 Å². The number of aliphatic hydroxyl groups excluding tert-OH is 1. The van der Waals surface area contributed by atoms with E-state index in [2.05, 4.69) is 0 Å². The molecule has 0 aromatic heterocycles. The van der Waals surface area contributed by atoms with Crippen LogP contribution in [0.15, 0.2) is 24.3 Å². The lowest BCUT2D eigenvalue weighted by molar-refractivity contribution is -0.147. The van der Waals surface area contributed by atoms with E-state index in [0.717, 1.165) is 5.56 Å². The Labute approximate surface area is 131 Å². The van der Waals surface area contributed by atoms with Gasteiger partial charge in [-0.2, -0.15) is 0 Å². The van der Waals surface area contributed by atoms with Crippen molar-refractivity contribution >= 4 is 35.2 Å². The third-order valence-corrected chi connectivity index (χ3v) is 4.53. The zero-order valence-electron chi connectivity index (χ0n) is 11.2. The Balaban J connectivity index is 1.84. The largest absolute Gasteiger partial charge is 0.480 e. The number of hydrogen-bond donors (Lipinski definition) is 2. The highest BCUT2D eigenvalue weighted by Gasteiger charge is 2.38. The molecule has 21 heavy (non-hydrogen) atoms. The van der Waals surface area contributed by atoms with Gasteiger partial charge in [-0.25, -0.2) is 4.79 Å². The molecule has 5 nitrogen and oxygen atoms in total. The van der Waals surface area contributed by atoms with Gasteiger partial charge in [0.1, 0.15) is 6.04 Å². The minimum atomic E-state index is -1.07. The maximum Gasteiger partial charge on any atom is 0.326 e. The number of halogens is 1. The van der Waals surface area contributed by atoms with Gasteiger partial charge in [-0.3, -0.25) is 4.79 Å². The number of rotatable bonds is 5. The second-order valence-corrected chi connectivity index (χ2v) is 6.33. The van der Waals surface area contributed by atoms with Crippen molar-refractivity contribution in [3.05, 3.63) is 34.9 Å². The van der Waals surface area contributed by atoms with Crippen molar-refractivity contribution in [1.29, 1.82) is 0 Å². The molecular formula is C14H16ClNO4S. The smallest absolute Gasteiger partial charge is 0.326 e. The first-order valence-corrected chi connectivity index (χ1v) is 8.03. The highest BCUT2D eigenvalue weighted by atomic mass is 35.5. The number of β-amino-alcohol motifs (C(OH)–C–C–N with tert-alkyl or cyclic N) is 1. The Morgan fingerprint density at radius 1 is 1.33 bits per heavy atom. The van der Waals surface area contributed by atoms with Crippen LogP contribution in [0.2, 0.25) is 5.02 Å². The van der Waals surface area contributed by atoms with Crippen LogP contribution < -0.4 is 0 Å². The number of carboxylic acid groups (broad SMARTS) is 1. The Morgan fingerprint density at radius 3 is 2.62 bits per heavy atom. The summed E-state index contributed by atoms with van der Waals surface area (Å²) in [4.78, 5) is 24.4. The summed E-state index contributed by atoms with van der Waals surface area (Å²) in [5.74, 6) is -0.476. The summed E-state index contributed by atoms with van der Waals surface area (Å²) in [5.41, 5.74) is 1.05. The van der Waals surface area contributed by atoms with E-state index in [-0.39, 0.29) is 24.6 Å². The summed E-state index contributed by atoms with van der Waals surface area (Å²) in [6.45, 7) is 0.0945. The molecule has 0 bridgehead atoms. The Morgan fingerprint density at radius 2 is 2.00 bits per heavy atom. The van der Waals surface area contributed by atoms with Crippen LogP contribution in [0.3, 0.4) is 0 Å². The summed E-state index contributed by atoms with van der Waals surface area (Å²) in [5, 5.41) is 19.2. The SMILES string of the molecule is O=C(O)C1CC(O)CN1C(=O)CSCc1ccc(Cl)cc1. The van der Waals surface area contributed by atoms with E-state index in [0.29, 0.717) is 10.8 Å². The first-order chi connectivity index (χ1) is 9.97. The zero-order valence-corrected chi connectivity index (χ0v) is 12.8. The normalized spacial score (nSPS) is 21.5. The molecule has 2 unspecified atom stereocenters. The molecule has 1 fully saturated rings. The van der Waals surface area contributed by atoms with Gasteiger partial charge in [0.15, 0.2) is 0 Å². The summed E-state index contributed by atoms with van der Waals surface area (Å²) in [7, 11) is 0. The minimum absolute atomic E-state index is 0.0945. The van der Waals surface area contributed by atoms with Crippen molar-refractivity contribution in [2.45, 2.75) is 24.3 Å². The van der Waals surface area contributed by atoms with Crippen LogP contribution >= 0.6 is 23.4 Å². The second-order valence-electron chi connectivity index (χ2n) is 4.91. The monoisotopic (exact) mass is 329 g/mol. The molecule has 1 aliphatic rings. The molecule has 1 heterocycles. The fourth-order valence-electron chi connectivity index (χ4n) is 2.24. The van der Waals surface area contributed by atoms with Crippen LogP contribution in [-0.4, -0.2) is 51.4 Å². The minimum Gasteiger partial charge on any atom is -0.480 e. The Kier molecular flexibility index (Phi) is 5.50. The van der Waals surface area contributed by atoms with Gasteiger partial charge in [0.2, 0.25) is 5.91 Å². The van der Waals surface area contributed by atoms with Crippen LogP contribution in [0.1, 0.15) is 12.0 Å². The summed E-state index contributed by atoms with van der Waals surface area (Å²) < 4.78 is 0. The maximum absolute atomic E-state index is 12.1. The van der Waals surface area contributed by atoms with Crippen molar-refractivity contribution in [2.75, 3.05) is 12.3 Å². The summed E-state index contributed by atoms with van der Waals surface area (Å²) >= 11 is 7.21. The molecule has 1 aromatic rings. The van der Waals surface area contributed by atoms with E-state index in [1.54, 1.807) is 12.1 Å². The lowest BCUT2D eigenvalue weighted by Crippen LogP contribution is -2.41. The molecule has 2 atom stereocenters. The first kappa shape index (κ1) is 16.1. The standard InChI is InChI=1S/C14H16ClNO4S/c15-10-3-1-9(2-4-10)7-21-8-13(18)16-6-11(17)5-12(16)14(19)20/h1-4,11-12,17H,5-8H2,(H,19,20). The van der Waals surface area contributed by atoms with E-state index in [4.69, 9.17) is 16.7 Å². The van der Waals surface area contributed by atoms with E-state index in [1.807, 2.05) is 12.1 Å². The van der Waals surface area contributed by atoms with Gasteiger partial charge in [-0.1, -0.05) is 23.7 Å². The van der Waals surface area contributed by atoms with E-state index in [1.165, 1.54) is 16.7 Å². The molecule has 2 N–H and O–H groups in total. The molecule has 7 heteroatoms. The Bertz CT molecular complexity index is 522. The molecule has 0 spiro atoms. The van der Waals surface area contributed by atoms with E-state index >= 15 is 0 Å². The van der Waals surface area contributed by atoms with Crippen molar-refractivity contribution in [2.24, 2.45) is 0 Å². The lowest BCUT2D eigenvalue weighted by atomic mass is 10.2. The lowest BCUT2D eigenvalue weighted by Gasteiger charge is -2.20. The van der Waals surface area contributed by atoms with Crippen LogP contribution in [-0.2, 0) is 15.3 Å².